The number of pyridine rings is 1. The van der Waals surface area contributed by atoms with Crippen molar-refractivity contribution in [2.45, 2.75) is 51.5 Å². The Bertz CT molecular complexity index is 429. The van der Waals surface area contributed by atoms with Crippen molar-refractivity contribution in [2.75, 3.05) is 6.54 Å². The molecule has 0 saturated carbocycles. The summed E-state index contributed by atoms with van der Waals surface area (Å²) in [6, 6.07) is 3.09. The van der Waals surface area contributed by atoms with Crippen molar-refractivity contribution in [2.24, 2.45) is 0 Å². The third-order valence-corrected chi connectivity index (χ3v) is 3.61. The molecule has 1 heterocycles. The van der Waals surface area contributed by atoms with Gasteiger partial charge in [-0.15, -0.1) is 0 Å². The maximum atomic E-state index is 14.0. The average molecular weight is 262 g/mol. The van der Waals surface area contributed by atoms with Crippen LogP contribution >= 0.6 is 0 Å². The molecule has 0 bridgehead atoms. The van der Waals surface area contributed by atoms with E-state index >= 15 is 0 Å². The first-order valence-electron chi connectivity index (χ1n) is 7.35. The Balaban J connectivity index is 2.24. The van der Waals surface area contributed by atoms with Gasteiger partial charge >= 0.3 is 0 Å². The predicted octanol–water partition coefficient (Wildman–Crippen LogP) is 4.15. The van der Waals surface area contributed by atoms with E-state index in [9.17, 15) is 4.39 Å². The Kier molecular flexibility index (Phi) is 5.52. The van der Waals surface area contributed by atoms with Gasteiger partial charge in [-0.05, 0) is 50.8 Å². The Labute approximate surface area is 115 Å². The van der Waals surface area contributed by atoms with Crippen molar-refractivity contribution in [3.63, 3.8) is 0 Å². The van der Waals surface area contributed by atoms with Crippen LogP contribution in [-0.2, 0) is 0 Å². The molecule has 19 heavy (non-hydrogen) atoms. The Morgan fingerprint density at radius 1 is 1.37 bits per heavy atom. The number of halogens is 1. The van der Waals surface area contributed by atoms with Gasteiger partial charge in [0.2, 0.25) is 0 Å². The van der Waals surface area contributed by atoms with E-state index in [0.29, 0.717) is 5.69 Å². The van der Waals surface area contributed by atoms with E-state index in [1.165, 1.54) is 30.9 Å². The van der Waals surface area contributed by atoms with Gasteiger partial charge in [0.1, 0.15) is 5.82 Å². The van der Waals surface area contributed by atoms with E-state index < -0.39 is 0 Å². The number of rotatable bonds is 5. The first-order valence-corrected chi connectivity index (χ1v) is 7.35. The molecule has 1 aliphatic rings. The number of hydrogen-bond donors (Lipinski definition) is 1. The van der Waals surface area contributed by atoms with Gasteiger partial charge in [0.15, 0.2) is 0 Å². The molecule has 0 radical (unpaired) electrons. The zero-order chi connectivity index (χ0) is 13.5. The molecule has 0 spiro atoms. The van der Waals surface area contributed by atoms with E-state index in [2.05, 4.69) is 23.3 Å². The van der Waals surface area contributed by atoms with Crippen molar-refractivity contribution in [1.29, 1.82) is 0 Å². The van der Waals surface area contributed by atoms with Crippen LogP contribution in [0.25, 0.3) is 0 Å². The van der Waals surface area contributed by atoms with Crippen LogP contribution in [0, 0.1) is 5.82 Å². The molecule has 0 saturated heterocycles. The quantitative estimate of drug-likeness (QED) is 0.806. The summed E-state index contributed by atoms with van der Waals surface area (Å²) >= 11 is 0. The lowest BCUT2D eigenvalue weighted by atomic mass is 9.98. The van der Waals surface area contributed by atoms with Crippen LogP contribution in [0.5, 0.6) is 0 Å². The largest absolute Gasteiger partial charge is 0.305 e. The molecule has 1 aromatic rings. The van der Waals surface area contributed by atoms with E-state index in [-0.39, 0.29) is 11.9 Å². The van der Waals surface area contributed by atoms with Crippen molar-refractivity contribution >= 4 is 0 Å². The van der Waals surface area contributed by atoms with Gasteiger partial charge < -0.3 is 5.32 Å². The van der Waals surface area contributed by atoms with Crippen LogP contribution < -0.4 is 5.32 Å². The van der Waals surface area contributed by atoms with Crippen molar-refractivity contribution in [1.82, 2.24) is 10.3 Å². The smallest absolute Gasteiger partial charge is 0.146 e. The number of aromatic nitrogens is 1. The molecule has 0 amide bonds. The van der Waals surface area contributed by atoms with Crippen LogP contribution in [0.4, 0.5) is 4.39 Å². The summed E-state index contributed by atoms with van der Waals surface area (Å²) < 4.78 is 14.0. The minimum atomic E-state index is -0.207. The second-order valence-corrected chi connectivity index (χ2v) is 5.14. The van der Waals surface area contributed by atoms with Crippen LogP contribution in [0.2, 0.25) is 0 Å². The van der Waals surface area contributed by atoms with Crippen LogP contribution in [0.15, 0.2) is 30.0 Å². The van der Waals surface area contributed by atoms with Crippen molar-refractivity contribution < 1.29 is 4.39 Å². The van der Waals surface area contributed by atoms with Gasteiger partial charge in [0.25, 0.3) is 0 Å². The summed E-state index contributed by atoms with van der Waals surface area (Å²) in [5.74, 6) is -0.207. The molecule has 1 unspecified atom stereocenters. The lowest BCUT2D eigenvalue weighted by molar-refractivity contribution is 0.514. The Morgan fingerprint density at radius 3 is 3.05 bits per heavy atom. The molecule has 2 rings (SSSR count). The highest BCUT2D eigenvalue weighted by atomic mass is 19.1. The molecule has 1 aromatic heterocycles. The zero-order valence-corrected chi connectivity index (χ0v) is 11.7. The van der Waals surface area contributed by atoms with Gasteiger partial charge in [-0.3, -0.25) is 4.98 Å². The molecule has 1 N–H and O–H groups in total. The molecule has 1 aliphatic carbocycles. The highest BCUT2D eigenvalue weighted by Crippen LogP contribution is 2.29. The van der Waals surface area contributed by atoms with Gasteiger partial charge in [-0.25, -0.2) is 4.39 Å². The maximum absolute atomic E-state index is 14.0. The van der Waals surface area contributed by atoms with E-state index in [1.54, 1.807) is 12.3 Å². The maximum Gasteiger partial charge on any atom is 0.146 e. The van der Waals surface area contributed by atoms with Crippen LogP contribution in [0.3, 0.4) is 0 Å². The minimum absolute atomic E-state index is 0.0563. The fourth-order valence-corrected chi connectivity index (χ4v) is 2.60. The summed E-state index contributed by atoms with van der Waals surface area (Å²) in [5.41, 5.74) is 1.85. The Morgan fingerprint density at radius 2 is 2.26 bits per heavy atom. The molecular weight excluding hydrogens is 239 g/mol. The van der Waals surface area contributed by atoms with Gasteiger partial charge in [-0.1, -0.05) is 25.0 Å². The molecule has 0 fully saturated rings. The molecule has 2 nitrogen and oxygen atoms in total. The summed E-state index contributed by atoms with van der Waals surface area (Å²) in [6.45, 7) is 3.01. The topological polar surface area (TPSA) is 24.9 Å². The fraction of sp³-hybridized carbons (Fsp3) is 0.562. The molecule has 0 aromatic carbocycles. The van der Waals surface area contributed by atoms with E-state index in [4.69, 9.17) is 0 Å². The third-order valence-electron chi connectivity index (χ3n) is 3.61. The standard InChI is InChI=1S/C16H23FN2/c1-2-11-18-15(13-8-5-3-4-6-9-13)16-14(17)10-7-12-19-16/h7-8,10,12,15,18H,2-6,9,11H2,1H3. The van der Waals surface area contributed by atoms with E-state index in [0.717, 1.165) is 25.8 Å². The summed E-state index contributed by atoms with van der Waals surface area (Å²) in [7, 11) is 0. The summed E-state index contributed by atoms with van der Waals surface area (Å²) in [5, 5.41) is 3.45. The fourth-order valence-electron chi connectivity index (χ4n) is 2.60. The predicted molar refractivity (Wildman–Crippen MR) is 76.4 cm³/mol. The minimum Gasteiger partial charge on any atom is -0.305 e. The monoisotopic (exact) mass is 262 g/mol. The van der Waals surface area contributed by atoms with Crippen LogP contribution in [-0.4, -0.2) is 11.5 Å². The lowest BCUT2D eigenvalue weighted by Crippen LogP contribution is -2.26. The van der Waals surface area contributed by atoms with Gasteiger partial charge in [0, 0.05) is 6.20 Å². The molecule has 1 atom stereocenters. The Hall–Kier alpha value is -1.22. The van der Waals surface area contributed by atoms with Gasteiger partial charge in [-0.2, -0.15) is 0 Å². The number of allylic oxidation sites excluding steroid dienone is 1. The van der Waals surface area contributed by atoms with Crippen molar-refractivity contribution in [3.05, 3.63) is 41.5 Å². The first kappa shape index (κ1) is 14.2. The number of nitrogens with one attached hydrogen (secondary N) is 1. The normalized spacial score (nSPS) is 17.7. The number of nitrogens with zero attached hydrogens (tertiary/aromatic N) is 1. The first-order chi connectivity index (χ1) is 9.33. The second-order valence-electron chi connectivity index (χ2n) is 5.14. The highest BCUT2D eigenvalue weighted by molar-refractivity contribution is 5.24. The molecule has 3 heteroatoms. The zero-order valence-electron chi connectivity index (χ0n) is 11.7. The van der Waals surface area contributed by atoms with Crippen molar-refractivity contribution in [3.8, 4) is 0 Å². The number of hydrogen-bond acceptors (Lipinski definition) is 2. The highest BCUT2D eigenvalue weighted by Gasteiger charge is 2.21. The molecule has 104 valence electrons. The average Bonchev–Trinajstić information content (AvgIpc) is 2.70. The SMILES string of the molecule is CCCNC(C1=CCCCCC1)c1ncccc1F. The van der Waals surface area contributed by atoms with E-state index in [1.807, 2.05) is 0 Å². The second kappa shape index (κ2) is 7.39. The third kappa shape index (κ3) is 3.87. The molecule has 0 aliphatic heterocycles. The summed E-state index contributed by atoms with van der Waals surface area (Å²) in [4.78, 5) is 4.26. The van der Waals surface area contributed by atoms with Crippen LogP contribution in [0.1, 0.15) is 57.2 Å². The molecular formula is C16H23FN2. The van der Waals surface area contributed by atoms with Gasteiger partial charge in [0.05, 0.1) is 11.7 Å². The lowest BCUT2D eigenvalue weighted by Gasteiger charge is -2.21. The summed E-state index contributed by atoms with van der Waals surface area (Å²) in [6.07, 6.45) is 10.9.